The molecule has 1 saturated heterocycles. The Morgan fingerprint density at radius 3 is 1.58 bits per heavy atom. The van der Waals surface area contributed by atoms with Crippen LogP contribution < -0.4 is 5.32 Å². The molecule has 7 rings (SSSR count). The molecule has 1 heterocycles. The summed E-state index contributed by atoms with van der Waals surface area (Å²) < 4.78 is 25.8. The zero-order valence-corrected chi connectivity index (χ0v) is 32.8. The lowest BCUT2D eigenvalue weighted by Gasteiger charge is -2.24. The van der Waals surface area contributed by atoms with Crippen LogP contribution in [0.15, 0.2) is 122 Å². The molecule has 14 nitrogen and oxygen atoms in total. The monoisotopic (exact) mass is 816 g/mol. The number of carbonyl (C=O) groups excluding carboxylic acids is 5. The maximum Gasteiger partial charge on any atom is 0.413 e. The second-order valence-electron chi connectivity index (χ2n) is 14.0. The van der Waals surface area contributed by atoms with E-state index < -0.39 is 60.8 Å². The lowest BCUT2D eigenvalue weighted by atomic mass is 9.98. The number of hydrogen-bond donors (Lipinski definition) is 2. The Bertz CT molecular complexity index is 2200. The van der Waals surface area contributed by atoms with Gasteiger partial charge in [0.25, 0.3) is 0 Å². The number of alkyl carbamates (subject to hydrolysis) is 1. The smallest absolute Gasteiger partial charge is 0.413 e. The van der Waals surface area contributed by atoms with Crippen LogP contribution in [-0.2, 0) is 42.9 Å². The molecule has 0 spiro atoms. The molecular weight excluding hydrogens is 773 g/mol. The van der Waals surface area contributed by atoms with Gasteiger partial charge in [-0.15, -0.1) is 0 Å². The molecule has 2 N–H and O–H groups in total. The van der Waals surface area contributed by atoms with Gasteiger partial charge in [-0.25, -0.2) is 19.2 Å². The van der Waals surface area contributed by atoms with Crippen molar-refractivity contribution < 1.29 is 57.6 Å². The van der Waals surface area contributed by atoms with Crippen molar-refractivity contribution in [1.82, 2.24) is 10.2 Å². The minimum atomic E-state index is -1.44. The Morgan fingerprint density at radius 1 is 0.700 bits per heavy atom. The summed E-state index contributed by atoms with van der Waals surface area (Å²) in [5, 5.41) is 11.4. The van der Waals surface area contributed by atoms with Crippen LogP contribution in [0, 0.1) is 0 Å². The SMILES string of the molecule is C=CCOC(=O)C[C@H](NC(=O)OCC1c2ccccc2-c2ccccc21)C(=O)O.C=CCOC(=O)C[C@H]1C(=O)OC(C)N1C(=O)OCC1c2ccccc2-c2ccccc21. The van der Waals surface area contributed by atoms with Gasteiger partial charge in [0.1, 0.15) is 38.5 Å². The number of carboxylic acids is 1. The first kappa shape index (κ1) is 42.4. The fourth-order valence-electron chi connectivity index (χ4n) is 7.52. The molecule has 3 atom stereocenters. The number of ether oxygens (including phenoxy) is 5. The highest BCUT2D eigenvalue weighted by Gasteiger charge is 2.45. The van der Waals surface area contributed by atoms with E-state index >= 15 is 0 Å². The van der Waals surface area contributed by atoms with E-state index in [-0.39, 0.29) is 44.7 Å². The van der Waals surface area contributed by atoms with Gasteiger partial charge >= 0.3 is 36.1 Å². The van der Waals surface area contributed by atoms with E-state index in [4.69, 9.17) is 23.7 Å². The van der Waals surface area contributed by atoms with E-state index in [1.54, 1.807) is 6.92 Å². The number of aliphatic carboxylic acids is 1. The average Bonchev–Trinajstić information content (AvgIpc) is 3.85. The van der Waals surface area contributed by atoms with Crippen molar-refractivity contribution in [2.75, 3.05) is 26.4 Å². The van der Waals surface area contributed by atoms with Crippen LogP contribution in [0.1, 0.15) is 53.9 Å². The molecular formula is C46H44N2O12. The van der Waals surface area contributed by atoms with Crippen LogP contribution in [0.2, 0.25) is 0 Å². The summed E-state index contributed by atoms with van der Waals surface area (Å²) in [6.07, 6.45) is -0.462. The Balaban J connectivity index is 0.000000202. The normalized spacial score (nSPS) is 16.3. The van der Waals surface area contributed by atoms with Gasteiger partial charge in [-0.1, -0.05) is 122 Å². The summed E-state index contributed by atoms with van der Waals surface area (Å²) in [7, 11) is 0. The van der Waals surface area contributed by atoms with Crippen LogP contribution in [0.3, 0.4) is 0 Å². The van der Waals surface area contributed by atoms with Crippen LogP contribution in [0.5, 0.6) is 0 Å². The molecule has 310 valence electrons. The molecule has 60 heavy (non-hydrogen) atoms. The Morgan fingerprint density at radius 2 is 1.13 bits per heavy atom. The Kier molecular flexibility index (Phi) is 13.8. The predicted molar refractivity (Wildman–Crippen MR) is 217 cm³/mol. The number of carbonyl (C=O) groups is 6. The van der Waals surface area contributed by atoms with E-state index in [9.17, 15) is 33.9 Å². The van der Waals surface area contributed by atoms with Crippen molar-refractivity contribution >= 4 is 36.1 Å². The van der Waals surface area contributed by atoms with Crippen LogP contribution in [0.4, 0.5) is 9.59 Å². The van der Waals surface area contributed by atoms with E-state index in [1.165, 1.54) is 12.2 Å². The van der Waals surface area contributed by atoms with Crippen molar-refractivity contribution in [1.29, 1.82) is 0 Å². The second-order valence-corrected chi connectivity index (χ2v) is 14.0. The van der Waals surface area contributed by atoms with Crippen LogP contribution in [0.25, 0.3) is 22.3 Å². The number of cyclic esters (lactones) is 1. The van der Waals surface area contributed by atoms with Crippen molar-refractivity contribution in [3.63, 3.8) is 0 Å². The molecule has 14 heteroatoms. The number of rotatable bonds is 14. The first-order chi connectivity index (χ1) is 29.0. The molecule has 0 aromatic heterocycles. The summed E-state index contributed by atoms with van der Waals surface area (Å²) in [5.74, 6) is -3.63. The third-order valence-corrected chi connectivity index (χ3v) is 10.2. The topological polar surface area (TPSA) is 184 Å². The Labute approximate surface area is 346 Å². The van der Waals surface area contributed by atoms with Gasteiger partial charge in [-0.2, -0.15) is 0 Å². The summed E-state index contributed by atoms with van der Waals surface area (Å²) in [4.78, 5) is 73.3. The van der Waals surface area contributed by atoms with E-state index in [0.29, 0.717) is 0 Å². The van der Waals surface area contributed by atoms with Gasteiger partial charge in [-0.05, 0) is 51.4 Å². The largest absolute Gasteiger partial charge is 0.480 e. The van der Waals surface area contributed by atoms with Crippen molar-refractivity contribution in [3.8, 4) is 22.3 Å². The number of carboxylic acid groups (broad SMARTS) is 1. The second kappa shape index (κ2) is 19.5. The quantitative estimate of drug-likeness (QED) is 0.0779. The molecule has 1 unspecified atom stereocenters. The highest BCUT2D eigenvalue weighted by molar-refractivity contribution is 5.89. The van der Waals surface area contributed by atoms with Gasteiger partial charge < -0.3 is 34.1 Å². The van der Waals surface area contributed by atoms with Crippen LogP contribution in [-0.4, -0.2) is 90.8 Å². The molecule has 2 amide bonds. The summed E-state index contributed by atoms with van der Waals surface area (Å²) >= 11 is 0. The van der Waals surface area contributed by atoms with Gasteiger partial charge in [0.2, 0.25) is 0 Å². The number of nitrogens with zero attached hydrogens (tertiary/aromatic N) is 1. The highest BCUT2D eigenvalue weighted by atomic mass is 16.6. The minimum Gasteiger partial charge on any atom is -0.480 e. The lowest BCUT2D eigenvalue weighted by molar-refractivity contribution is -0.148. The third kappa shape index (κ3) is 9.55. The predicted octanol–water partition coefficient (Wildman–Crippen LogP) is 6.73. The fourth-order valence-corrected chi connectivity index (χ4v) is 7.52. The average molecular weight is 817 g/mol. The Hall–Kier alpha value is -7.22. The van der Waals surface area contributed by atoms with Crippen molar-refractivity contribution in [2.45, 2.75) is 49.9 Å². The summed E-state index contributed by atoms with van der Waals surface area (Å²) in [5.41, 5.74) is 8.68. The van der Waals surface area contributed by atoms with Gasteiger partial charge in [0.15, 0.2) is 6.23 Å². The molecule has 0 radical (unpaired) electrons. The van der Waals surface area contributed by atoms with Gasteiger partial charge in [0.05, 0.1) is 12.8 Å². The standard InChI is InChI=1S/C24H23NO6.C22H21NO6/c1-3-12-29-22(26)13-21-23(27)31-15(2)25(21)24(28)30-14-20-18-10-6-4-8-16(18)17-9-5-7-11-19(17)20;1-2-11-28-20(24)12-19(21(25)26)23-22(27)29-13-18-16-9-5-3-7-14(16)15-8-4-6-10-17(15)18/h3-11,15,20-21H,1,12-14H2,2H3;2-10,18-19H,1,11-13H2,(H,23,27)(H,25,26)/t15?,21-;19-/m00/s1. The third-order valence-electron chi connectivity index (χ3n) is 10.2. The molecule has 0 saturated carbocycles. The molecule has 1 aliphatic heterocycles. The van der Waals surface area contributed by atoms with Crippen molar-refractivity contribution in [3.05, 3.63) is 145 Å². The van der Waals surface area contributed by atoms with Gasteiger partial charge in [0, 0.05) is 11.8 Å². The lowest BCUT2D eigenvalue weighted by Crippen LogP contribution is -2.43. The first-order valence-corrected chi connectivity index (χ1v) is 19.2. The number of amides is 2. The molecule has 4 aromatic rings. The maximum atomic E-state index is 12.9. The first-order valence-electron chi connectivity index (χ1n) is 19.2. The zero-order chi connectivity index (χ0) is 42.8. The molecule has 3 aliphatic rings. The minimum absolute atomic E-state index is 0.0289. The zero-order valence-electron chi connectivity index (χ0n) is 32.8. The van der Waals surface area contributed by atoms with E-state index in [2.05, 4.69) is 30.6 Å². The molecule has 4 aromatic carbocycles. The highest BCUT2D eigenvalue weighted by Crippen LogP contribution is 2.45. The summed E-state index contributed by atoms with van der Waals surface area (Å²) in [6, 6.07) is 29.3. The number of hydrogen-bond acceptors (Lipinski definition) is 11. The van der Waals surface area contributed by atoms with Gasteiger partial charge in [-0.3, -0.25) is 14.5 Å². The van der Waals surface area contributed by atoms with E-state index in [1.807, 2.05) is 84.9 Å². The molecule has 1 fully saturated rings. The number of benzene rings is 4. The van der Waals surface area contributed by atoms with Crippen molar-refractivity contribution in [2.24, 2.45) is 0 Å². The number of nitrogens with one attached hydrogen (secondary N) is 1. The maximum absolute atomic E-state index is 12.9. The summed E-state index contributed by atoms with van der Waals surface area (Å²) in [6.45, 7) is 8.60. The molecule has 0 bridgehead atoms. The van der Waals surface area contributed by atoms with Crippen LogP contribution >= 0.6 is 0 Å². The number of esters is 3. The fraction of sp³-hybridized carbons (Fsp3) is 0.261. The number of fused-ring (bicyclic) bond motifs is 6. The van der Waals surface area contributed by atoms with E-state index in [0.717, 1.165) is 49.4 Å². The molecule has 2 aliphatic carbocycles.